The molecule has 0 aromatic carbocycles. The fourth-order valence-electron chi connectivity index (χ4n) is 1.40. The third-order valence-electron chi connectivity index (χ3n) is 2.52. The lowest BCUT2D eigenvalue weighted by Crippen LogP contribution is -2.35. The predicted molar refractivity (Wildman–Crippen MR) is 63.0 cm³/mol. The molecule has 82 valence electrons. The van der Waals surface area contributed by atoms with Crippen molar-refractivity contribution < 1.29 is 0 Å². The Bertz CT molecular complexity index is 367. The quantitative estimate of drug-likeness (QED) is 0.623. The summed E-state index contributed by atoms with van der Waals surface area (Å²) in [6.07, 6.45) is 4.35. The molecule has 0 bridgehead atoms. The Morgan fingerprint density at radius 3 is 3.00 bits per heavy atom. The van der Waals surface area contributed by atoms with Gasteiger partial charge in [0.05, 0.1) is 11.6 Å². The molecule has 1 saturated carbocycles. The van der Waals surface area contributed by atoms with E-state index in [0.717, 1.165) is 5.01 Å². The molecular weight excluding hydrogens is 208 g/mol. The van der Waals surface area contributed by atoms with E-state index in [9.17, 15) is 0 Å². The molecule has 0 saturated heterocycles. The van der Waals surface area contributed by atoms with Crippen molar-refractivity contribution in [2.24, 2.45) is 10.7 Å². The summed E-state index contributed by atoms with van der Waals surface area (Å²) < 4.78 is 0. The van der Waals surface area contributed by atoms with Gasteiger partial charge in [-0.3, -0.25) is 0 Å². The highest BCUT2D eigenvalue weighted by molar-refractivity contribution is 7.11. The van der Waals surface area contributed by atoms with Crippen molar-refractivity contribution in [2.45, 2.75) is 32.4 Å². The number of rotatable bonds is 3. The van der Waals surface area contributed by atoms with Gasteiger partial charge in [0.2, 0.25) is 0 Å². The summed E-state index contributed by atoms with van der Waals surface area (Å²) in [6.45, 7) is 2.64. The molecule has 15 heavy (non-hydrogen) atoms. The SMILES string of the molecule is Cc1ncc(CN=C(N)N(C)C2CC2)s1. The molecule has 5 heteroatoms. The summed E-state index contributed by atoms with van der Waals surface area (Å²) in [4.78, 5) is 11.8. The van der Waals surface area contributed by atoms with Gasteiger partial charge in [0.25, 0.3) is 0 Å². The molecule has 2 rings (SSSR count). The predicted octanol–water partition coefficient (Wildman–Crippen LogP) is 1.36. The summed E-state index contributed by atoms with van der Waals surface area (Å²) in [5.74, 6) is 0.642. The summed E-state index contributed by atoms with van der Waals surface area (Å²) >= 11 is 1.67. The minimum absolute atomic E-state index is 0.622. The van der Waals surface area contributed by atoms with E-state index in [1.807, 2.05) is 20.2 Å². The van der Waals surface area contributed by atoms with Crippen molar-refractivity contribution in [3.05, 3.63) is 16.1 Å². The minimum Gasteiger partial charge on any atom is -0.370 e. The fourth-order valence-corrected chi connectivity index (χ4v) is 2.12. The van der Waals surface area contributed by atoms with Crippen molar-refractivity contribution in [3.8, 4) is 0 Å². The Morgan fingerprint density at radius 1 is 1.73 bits per heavy atom. The molecule has 1 heterocycles. The Morgan fingerprint density at radius 2 is 2.47 bits per heavy atom. The monoisotopic (exact) mass is 224 g/mol. The lowest BCUT2D eigenvalue weighted by Gasteiger charge is -2.16. The highest BCUT2D eigenvalue weighted by Gasteiger charge is 2.27. The number of nitrogens with zero attached hydrogens (tertiary/aromatic N) is 3. The van der Waals surface area contributed by atoms with Gasteiger partial charge in [0, 0.05) is 24.2 Å². The maximum absolute atomic E-state index is 5.87. The number of aliphatic imine (C=N–C) groups is 1. The summed E-state index contributed by atoms with van der Waals surface area (Å²) in [7, 11) is 2.01. The number of hydrogen-bond acceptors (Lipinski definition) is 3. The molecule has 0 atom stereocenters. The highest BCUT2D eigenvalue weighted by atomic mass is 32.1. The van der Waals surface area contributed by atoms with Gasteiger partial charge in [-0.15, -0.1) is 11.3 Å². The molecule has 0 aliphatic heterocycles. The zero-order chi connectivity index (χ0) is 10.8. The molecule has 0 unspecified atom stereocenters. The van der Waals surface area contributed by atoms with E-state index in [4.69, 9.17) is 5.73 Å². The molecule has 1 aromatic rings. The highest BCUT2D eigenvalue weighted by Crippen LogP contribution is 2.25. The maximum Gasteiger partial charge on any atom is 0.191 e. The van der Waals surface area contributed by atoms with Crippen LogP contribution in [0.15, 0.2) is 11.2 Å². The van der Waals surface area contributed by atoms with Crippen LogP contribution in [0.5, 0.6) is 0 Å². The third-order valence-corrected chi connectivity index (χ3v) is 3.42. The first-order valence-corrected chi connectivity index (χ1v) is 5.92. The van der Waals surface area contributed by atoms with Crippen LogP contribution in [0.2, 0.25) is 0 Å². The summed E-state index contributed by atoms with van der Waals surface area (Å²) in [5, 5.41) is 1.08. The molecule has 1 fully saturated rings. The van der Waals surface area contributed by atoms with Crippen molar-refractivity contribution in [1.29, 1.82) is 0 Å². The second-order valence-corrected chi connectivity index (χ2v) is 5.18. The van der Waals surface area contributed by atoms with Crippen LogP contribution in [0, 0.1) is 6.92 Å². The summed E-state index contributed by atoms with van der Waals surface area (Å²) in [6, 6.07) is 0.622. The van der Waals surface area contributed by atoms with Gasteiger partial charge in [0.1, 0.15) is 0 Å². The van der Waals surface area contributed by atoms with Crippen LogP contribution >= 0.6 is 11.3 Å². The van der Waals surface area contributed by atoms with Gasteiger partial charge in [-0.05, 0) is 19.8 Å². The molecular formula is C10H16N4S. The van der Waals surface area contributed by atoms with Crippen molar-refractivity contribution >= 4 is 17.3 Å². The van der Waals surface area contributed by atoms with Gasteiger partial charge in [0.15, 0.2) is 5.96 Å². The van der Waals surface area contributed by atoms with Crippen molar-refractivity contribution in [3.63, 3.8) is 0 Å². The average Bonchev–Trinajstić information content (AvgIpc) is 2.98. The third kappa shape index (κ3) is 2.68. The molecule has 1 aliphatic rings. The standard InChI is InChI=1S/C10H16N4S/c1-7-12-5-9(15-7)6-13-10(11)14(2)8-3-4-8/h5,8H,3-4,6H2,1-2H3,(H2,11,13). The average molecular weight is 224 g/mol. The molecule has 0 amide bonds. The molecule has 1 aliphatic carbocycles. The first-order chi connectivity index (χ1) is 7.16. The molecule has 0 radical (unpaired) electrons. The van der Waals surface area contributed by atoms with Crippen molar-refractivity contribution in [1.82, 2.24) is 9.88 Å². The Labute approximate surface area is 93.8 Å². The number of thiazole rings is 1. The number of nitrogens with two attached hydrogens (primary N) is 1. The van der Waals surface area contributed by atoms with E-state index < -0.39 is 0 Å². The van der Waals surface area contributed by atoms with Gasteiger partial charge < -0.3 is 10.6 Å². The Balaban J connectivity index is 1.92. The minimum atomic E-state index is 0.622. The number of guanidine groups is 1. The van der Waals surface area contributed by atoms with E-state index in [-0.39, 0.29) is 0 Å². The largest absolute Gasteiger partial charge is 0.370 e. The Hall–Kier alpha value is -1.10. The van der Waals surface area contributed by atoms with Crippen LogP contribution in [0.3, 0.4) is 0 Å². The number of aryl methyl sites for hydroxylation is 1. The number of aromatic nitrogens is 1. The topological polar surface area (TPSA) is 54.5 Å². The van der Waals surface area contributed by atoms with E-state index in [2.05, 4.69) is 14.9 Å². The zero-order valence-corrected chi connectivity index (χ0v) is 9.92. The van der Waals surface area contributed by atoms with Crippen LogP contribution in [-0.2, 0) is 6.54 Å². The normalized spacial score (nSPS) is 16.8. The second-order valence-electron chi connectivity index (χ2n) is 3.86. The van der Waals surface area contributed by atoms with Crippen LogP contribution in [0.4, 0.5) is 0 Å². The fraction of sp³-hybridized carbons (Fsp3) is 0.600. The first kappa shape index (κ1) is 10.4. The first-order valence-electron chi connectivity index (χ1n) is 5.11. The molecule has 2 N–H and O–H groups in total. The van der Waals surface area contributed by atoms with E-state index >= 15 is 0 Å². The maximum atomic E-state index is 5.87. The second kappa shape index (κ2) is 4.18. The summed E-state index contributed by atoms with van der Waals surface area (Å²) in [5.41, 5.74) is 5.87. The van der Waals surface area contributed by atoms with E-state index in [0.29, 0.717) is 18.5 Å². The van der Waals surface area contributed by atoms with Gasteiger partial charge in [-0.2, -0.15) is 0 Å². The number of hydrogen-bond donors (Lipinski definition) is 1. The van der Waals surface area contributed by atoms with Crippen LogP contribution < -0.4 is 5.73 Å². The lowest BCUT2D eigenvalue weighted by molar-refractivity contribution is 0.487. The van der Waals surface area contributed by atoms with Crippen LogP contribution in [0.25, 0.3) is 0 Å². The van der Waals surface area contributed by atoms with E-state index in [1.165, 1.54) is 17.7 Å². The van der Waals surface area contributed by atoms with E-state index in [1.54, 1.807) is 11.3 Å². The molecule has 1 aromatic heterocycles. The van der Waals surface area contributed by atoms with Gasteiger partial charge in [-0.1, -0.05) is 0 Å². The van der Waals surface area contributed by atoms with Crippen LogP contribution in [-0.4, -0.2) is 28.9 Å². The smallest absolute Gasteiger partial charge is 0.191 e. The zero-order valence-electron chi connectivity index (χ0n) is 9.10. The molecule has 4 nitrogen and oxygen atoms in total. The van der Waals surface area contributed by atoms with Gasteiger partial charge >= 0.3 is 0 Å². The van der Waals surface area contributed by atoms with Crippen LogP contribution in [0.1, 0.15) is 22.7 Å². The van der Waals surface area contributed by atoms with Gasteiger partial charge in [-0.25, -0.2) is 9.98 Å². The lowest BCUT2D eigenvalue weighted by atomic mass is 10.5. The Kier molecular flexibility index (Phi) is 2.90. The molecule has 0 spiro atoms. The van der Waals surface area contributed by atoms with Crippen molar-refractivity contribution in [2.75, 3.05) is 7.05 Å².